The van der Waals surface area contributed by atoms with Crippen LogP contribution in [0, 0.1) is 5.92 Å². The molecule has 0 aliphatic carbocycles. The van der Waals surface area contributed by atoms with Crippen LogP contribution in [0.5, 0.6) is 0 Å². The molecule has 2 unspecified atom stereocenters. The molecule has 3 heteroatoms. The van der Waals surface area contributed by atoms with Crippen molar-refractivity contribution in [1.29, 1.82) is 0 Å². The maximum atomic E-state index is 6.10. The standard InChI is InChI=1S/C18H30N2O/c1-18(15-19,11-10-16-7-4-3-5-8-16)20(2)13-17-9-6-12-21-14-17/h3-5,7-8,17H,6,9-15,19H2,1-2H3. The fourth-order valence-corrected chi connectivity index (χ4v) is 3.07. The molecule has 0 aromatic heterocycles. The lowest BCUT2D eigenvalue weighted by molar-refractivity contribution is 0.0223. The van der Waals surface area contributed by atoms with Gasteiger partial charge in [0.05, 0.1) is 6.61 Å². The van der Waals surface area contributed by atoms with Gasteiger partial charge in [0.25, 0.3) is 0 Å². The molecule has 1 aromatic rings. The Kier molecular flexibility index (Phi) is 6.22. The van der Waals surface area contributed by atoms with E-state index in [9.17, 15) is 0 Å². The quantitative estimate of drug-likeness (QED) is 0.839. The molecule has 1 aliphatic rings. The summed E-state index contributed by atoms with van der Waals surface area (Å²) in [6.07, 6.45) is 4.66. The van der Waals surface area contributed by atoms with Gasteiger partial charge in [-0.25, -0.2) is 0 Å². The lowest BCUT2D eigenvalue weighted by atomic mass is 9.90. The SMILES string of the molecule is CN(CC1CCCOC1)C(C)(CN)CCc1ccccc1. The summed E-state index contributed by atoms with van der Waals surface area (Å²) in [5.41, 5.74) is 7.56. The van der Waals surface area contributed by atoms with E-state index in [1.54, 1.807) is 0 Å². The van der Waals surface area contributed by atoms with Crippen LogP contribution in [0.3, 0.4) is 0 Å². The molecular weight excluding hydrogens is 260 g/mol. The average Bonchev–Trinajstić information content (AvgIpc) is 2.54. The van der Waals surface area contributed by atoms with E-state index >= 15 is 0 Å². The third-order valence-corrected chi connectivity index (χ3v) is 4.94. The summed E-state index contributed by atoms with van der Waals surface area (Å²) >= 11 is 0. The fraction of sp³-hybridized carbons (Fsp3) is 0.667. The molecule has 118 valence electrons. The number of likely N-dealkylation sites (N-methyl/N-ethyl adjacent to an activating group) is 1. The summed E-state index contributed by atoms with van der Waals surface area (Å²) in [4.78, 5) is 2.45. The highest BCUT2D eigenvalue weighted by Gasteiger charge is 2.29. The first-order chi connectivity index (χ1) is 10.1. The normalized spacial score (nSPS) is 22.2. The number of nitrogens with zero attached hydrogens (tertiary/aromatic N) is 1. The Morgan fingerprint density at radius 3 is 2.71 bits per heavy atom. The Morgan fingerprint density at radius 2 is 2.10 bits per heavy atom. The highest BCUT2D eigenvalue weighted by molar-refractivity contribution is 5.15. The van der Waals surface area contributed by atoms with E-state index in [0.717, 1.165) is 32.6 Å². The first-order valence-electron chi connectivity index (χ1n) is 8.17. The van der Waals surface area contributed by atoms with Crippen molar-refractivity contribution in [2.24, 2.45) is 11.7 Å². The molecule has 2 atom stereocenters. The molecule has 1 aromatic carbocycles. The van der Waals surface area contributed by atoms with E-state index in [4.69, 9.17) is 10.5 Å². The van der Waals surface area contributed by atoms with Gasteiger partial charge in [0.2, 0.25) is 0 Å². The van der Waals surface area contributed by atoms with Crippen molar-refractivity contribution in [3.8, 4) is 0 Å². The maximum Gasteiger partial charge on any atom is 0.0506 e. The predicted octanol–water partition coefficient (Wildman–Crippen LogP) is 2.70. The molecule has 2 N–H and O–H groups in total. The Bertz CT molecular complexity index is 403. The third kappa shape index (κ3) is 4.80. The van der Waals surface area contributed by atoms with Crippen molar-refractivity contribution in [3.63, 3.8) is 0 Å². The highest BCUT2D eigenvalue weighted by Crippen LogP contribution is 2.23. The summed E-state index contributed by atoms with van der Waals surface area (Å²) in [7, 11) is 2.21. The van der Waals surface area contributed by atoms with Crippen LogP contribution in [0.15, 0.2) is 30.3 Å². The van der Waals surface area contributed by atoms with E-state index in [1.165, 1.54) is 18.4 Å². The summed E-state index contributed by atoms with van der Waals surface area (Å²) in [5.74, 6) is 0.659. The molecule has 1 heterocycles. The van der Waals surface area contributed by atoms with Crippen molar-refractivity contribution in [3.05, 3.63) is 35.9 Å². The molecule has 3 nitrogen and oxygen atoms in total. The molecule has 2 rings (SSSR count). The highest BCUT2D eigenvalue weighted by atomic mass is 16.5. The van der Waals surface area contributed by atoms with Crippen molar-refractivity contribution in [1.82, 2.24) is 4.90 Å². The van der Waals surface area contributed by atoms with Gasteiger partial charge < -0.3 is 10.5 Å². The van der Waals surface area contributed by atoms with Crippen molar-refractivity contribution < 1.29 is 4.74 Å². The van der Waals surface area contributed by atoms with E-state index < -0.39 is 0 Å². The number of hydrogen-bond donors (Lipinski definition) is 1. The van der Waals surface area contributed by atoms with Crippen LogP contribution >= 0.6 is 0 Å². The Hall–Kier alpha value is -0.900. The molecule has 0 amide bonds. The zero-order chi connectivity index (χ0) is 15.1. The monoisotopic (exact) mass is 290 g/mol. The average molecular weight is 290 g/mol. The molecule has 0 saturated carbocycles. The molecule has 0 radical (unpaired) electrons. The first kappa shape index (κ1) is 16.5. The fourth-order valence-electron chi connectivity index (χ4n) is 3.07. The molecule has 0 spiro atoms. The maximum absolute atomic E-state index is 6.10. The lowest BCUT2D eigenvalue weighted by Gasteiger charge is -2.40. The minimum atomic E-state index is 0.0628. The zero-order valence-electron chi connectivity index (χ0n) is 13.6. The van der Waals surface area contributed by atoms with Gasteiger partial charge in [-0.2, -0.15) is 0 Å². The van der Waals surface area contributed by atoms with Crippen LogP contribution in [-0.2, 0) is 11.2 Å². The summed E-state index contributed by atoms with van der Waals surface area (Å²) in [5, 5.41) is 0. The van der Waals surface area contributed by atoms with Gasteiger partial charge in [0.15, 0.2) is 0 Å². The van der Waals surface area contributed by atoms with Crippen molar-refractivity contribution in [2.75, 3.05) is 33.4 Å². The van der Waals surface area contributed by atoms with Crippen LogP contribution in [0.2, 0.25) is 0 Å². The molecule has 21 heavy (non-hydrogen) atoms. The van der Waals surface area contributed by atoms with E-state index in [2.05, 4.69) is 49.2 Å². The topological polar surface area (TPSA) is 38.5 Å². The Labute approximate surface area is 129 Å². The summed E-state index contributed by atoms with van der Waals surface area (Å²) < 4.78 is 5.60. The van der Waals surface area contributed by atoms with E-state index in [1.807, 2.05) is 0 Å². The number of benzene rings is 1. The van der Waals surface area contributed by atoms with Gasteiger partial charge in [-0.1, -0.05) is 30.3 Å². The number of aryl methyl sites for hydroxylation is 1. The second-order valence-electron chi connectivity index (χ2n) is 6.65. The van der Waals surface area contributed by atoms with E-state index in [-0.39, 0.29) is 5.54 Å². The molecule has 1 aliphatic heterocycles. The first-order valence-corrected chi connectivity index (χ1v) is 8.17. The van der Waals surface area contributed by atoms with Crippen molar-refractivity contribution in [2.45, 2.75) is 38.1 Å². The molecule has 0 bridgehead atoms. The lowest BCUT2D eigenvalue weighted by Crippen LogP contribution is -2.52. The number of hydrogen-bond acceptors (Lipinski definition) is 3. The van der Waals surface area contributed by atoms with E-state index in [0.29, 0.717) is 12.5 Å². The summed E-state index contributed by atoms with van der Waals surface area (Å²) in [6, 6.07) is 10.7. The van der Waals surface area contributed by atoms with Crippen LogP contribution in [0.4, 0.5) is 0 Å². The molecular formula is C18H30N2O. The van der Waals surface area contributed by atoms with Gasteiger partial charge in [-0.15, -0.1) is 0 Å². The second-order valence-corrected chi connectivity index (χ2v) is 6.65. The smallest absolute Gasteiger partial charge is 0.0506 e. The van der Waals surface area contributed by atoms with Crippen LogP contribution < -0.4 is 5.73 Å². The predicted molar refractivity (Wildman–Crippen MR) is 88.4 cm³/mol. The summed E-state index contributed by atoms with van der Waals surface area (Å²) in [6.45, 7) is 5.91. The zero-order valence-corrected chi connectivity index (χ0v) is 13.6. The van der Waals surface area contributed by atoms with Gasteiger partial charge in [-0.3, -0.25) is 4.90 Å². The number of ether oxygens (including phenoxy) is 1. The van der Waals surface area contributed by atoms with Crippen LogP contribution in [0.1, 0.15) is 31.7 Å². The third-order valence-electron chi connectivity index (χ3n) is 4.94. The van der Waals surface area contributed by atoms with Gasteiger partial charge >= 0.3 is 0 Å². The molecule has 1 saturated heterocycles. The largest absolute Gasteiger partial charge is 0.381 e. The minimum Gasteiger partial charge on any atom is -0.381 e. The van der Waals surface area contributed by atoms with Gasteiger partial charge in [-0.05, 0) is 51.1 Å². The van der Waals surface area contributed by atoms with Crippen LogP contribution in [0.25, 0.3) is 0 Å². The molecule has 1 fully saturated rings. The second kappa shape index (κ2) is 7.92. The van der Waals surface area contributed by atoms with Gasteiger partial charge in [0.1, 0.15) is 0 Å². The van der Waals surface area contributed by atoms with Crippen molar-refractivity contribution >= 4 is 0 Å². The van der Waals surface area contributed by atoms with Gasteiger partial charge in [0, 0.05) is 25.2 Å². The Morgan fingerprint density at radius 1 is 1.33 bits per heavy atom. The minimum absolute atomic E-state index is 0.0628. The van der Waals surface area contributed by atoms with Crippen LogP contribution in [-0.4, -0.2) is 43.8 Å². The number of rotatable bonds is 7. The Balaban J connectivity index is 1.88. The number of nitrogens with two attached hydrogens (primary N) is 1.